The van der Waals surface area contributed by atoms with Crippen LogP contribution < -0.4 is 10.6 Å². The molecule has 0 aromatic heterocycles. The molecule has 1 aliphatic heterocycles. The van der Waals surface area contributed by atoms with Crippen molar-refractivity contribution < 1.29 is 9.59 Å². The zero-order chi connectivity index (χ0) is 18.8. The van der Waals surface area contributed by atoms with E-state index in [-0.39, 0.29) is 16.9 Å². The number of thiocarbonyl (C=S) groups is 1. The molecule has 0 radical (unpaired) electrons. The van der Waals surface area contributed by atoms with E-state index in [1.807, 2.05) is 17.0 Å². The second kappa shape index (κ2) is 10.9. The van der Waals surface area contributed by atoms with Gasteiger partial charge in [-0.05, 0) is 55.7 Å². The molecule has 142 valence electrons. The van der Waals surface area contributed by atoms with E-state index >= 15 is 0 Å². The fourth-order valence-electron chi connectivity index (χ4n) is 3.04. The Kier molecular flexibility index (Phi) is 8.54. The zero-order valence-corrected chi connectivity index (χ0v) is 16.4. The lowest BCUT2D eigenvalue weighted by molar-refractivity contribution is -0.119. The highest BCUT2D eigenvalue weighted by molar-refractivity contribution is 7.80. The molecule has 5 nitrogen and oxygen atoms in total. The smallest absolute Gasteiger partial charge is 0.253 e. The predicted octanol–water partition coefficient (Wildman–Crippen LogP) is 4.10. The molecule has 1 heterocycles. The second-order valence-electron chi connectivity index (χ2n) is 6.74. The third-order valence-electron chi connectivity index (χ3n) is 4.54. The van der Waals surface area contributed by atoms with Crippen molar-refractivity contribution in [1.29, 1.82) is 0 Å². The van der Waals surface area contributed by atoms with Gasteiger partial charge in [0.2, 0.25) is 5.91 Å². The third-order valence-corrected chi connectivity index (χ3v) is 4.75. The van der Waals surface area contributed by atoms with Gasteiger partial charge in [-0.15, -0.1) is 0 Å². The van der Waals surface area contributed by atoms with Crippen molar-refractivity contribution in [2.45, 2.75) is 58.3 Å². The minimum Gasteiger partial charge on any atom is -0.339 e. The van der Waals surface area contributed by atoms with Crippen molar-refractivity contribution in [3.05, 3.63) is 29.8 Å². The molecular weight excluding hydrogens is 346 g/mol. The molecule has 2 amide bonds. The predicted molar refractivity (Wildman–Crippen MR) is 109 cm³/mol. The summed E-state index contributed by atoms with van der Waals surface area (Å²) in [5, 5.41) is 5.97. The molecule has 1 fully saturated rings. The molecular formula is C20H29N3O2S. The number of hydrogen-bond donors (Lipinski definition) is 2. The molecule has 1 aliphatic rings. The lowest BCUT2D eigenvalue weighted by Crippen LogP contribution is -2.34. The summed E-state index contributed by atoms with van der Waals surface area (Å²) in [4.78, 5) is 26.3. The molecule has 6 heteroatoms. The van der Waals surface area contributed by atoms with Crippen molar-refractivity contribution in [1.82, 2.24) is 10.2 Å². The Labute approximate surface area is 161 Å². The SMILES string of the molecule is CCCCCC(=O)NC(=S)Nc1ccc(C(=O)N2CCCCCC2)cc1. The van der Waals surface area contributed by atoms with Crippen LogP contribution in [-0.2, 0) is 4.79 Å². The van der Waals surface area contributed by atoms with Gasteiger partial charge < -0.3 is 15.5 Å². The highest BCUT2D eigenvalue weighted by Crippen LogP contribution is 2.15. The molecule has 1 saturated heterocycles. The molecule has 0 atom stereocenters. The van der Waals surface area contributed by atoms with Gasteiger partial charge in [-0.3, -0.25) is 9.59 Å². The minimum atomic E-state index is -0.0658. The van der Waals surface area contributed by atoms with E-state index in [0.29, 0.717) is 12.0 Å². The normalized spacial score (nSPS) is 14.4. The highest BCUT2D eigenvalue weighted by atomic mass is 32.1. The molecule has 2 N–H and O–H groups in total. The molecule has 1 aromatic carbocycles. The van der Waals surface area contributed by atoms with Gasteiger partial charge in [0.15, 0.2) is 5.11 Å². The maximum absolute atomic E-state index is 12.6. The fourth-order valence-corrected chi connectivity index (χ4v) is 3.27. The van der Waals surface area contributed by atoms with Crippen LogP contribution in [0.15, 0.2) is 24.3 Å². The number of likely N-dealkylation sites (tertiary alicyclic amines) is 1. The van der Waals surface area contributed by atoms with E-state index in [1.54, 1.807) is 12.1 Å². The van der Waals surface area contributed by atoms with Gasteiger partial charge in [0.1, 0.15) is 0 Å². The van der Waals surface area contributed by atoms with E-state index in [9.17, 15) is 9.59 Å². The topological polar surface area (TPSA) is 61.4 Å². The number of hydrogen-bond acceptors (Lipinski definition) is 3. The third kappa shape index (κ3) is 6.75. The Hall–Kier alpha value is -1.95. The first-order valence-electron chi connectivity index (χ1n) is 9.60. The quantitative estimate of drug-likeness (QED) is 0.581. The van der Waals surface area contributed by atoms with Gasteiger partial charge in [0, 0.05) is 30.8 Å². The number of amides is 2. The summed E-state index contributed by atoms with van der Waals surface area (Å²) >= 11 is 5.17. The summed E-state index contributed by atoms with van der Waals surface area (Å²) in [5.74, 6) is 0.0224. The Morgan fingerprint density at radius 2 is 1.69 bits per heavy atom. The average molecular weight is 376 g/mol. The van der Waals surface area contributed by atoms with Crippen molar-refractivity contribution >= 4 is 34.8 Å². The van der Waals surface area contributed by atoms with Gasteiger partial charge >= 0.3 is 0 Å². The minimum absolute atomic E-state index is 0.0658. The van der Waals surface area contributed by atoms with Crippen LogP contribution in [0.2, 0.25) is 0 Å². The number of benzene rings is 1. The van der Waals surface area contributed by atoms with Gasteiger partial charge in [-0.1, -0.05) is 32.6 Å². The summed E-state index contributed by atoms with van der Waals surface area (Å²) in [5.41, 5.74) is 1.45. The second-order valence-corrected chi connectivity index (χ2v) is 7.15. The summed E-state index contributed by atoms with van der Waals surface area (Å²) in [7, 11) is 0. The Morgan fingerprint density at radius 3 is 2.31 bits per heavy atom. The van der Waals surface area contributed by atoms with E-state index in [2.05, 4.69) is 17.6 Å². The Morgan fingerprint density at radius 1 is 1.04 bits per heavy atom. The number of nitrogens with zero attached hydrogens (tertiary/aromatic N) is 1. The molecule has 26 heavy (non-hydrogen) atoms. The van der Waals surface area contributed by atoms with Crippen molar-refractivity contribution in [2.75, 3.05) is 18.4 Å². The summed E-state index contributed by atoms with van der Waals surface area (Å²) in [6.45, 7) is 3.78. The number of carbonyl (C=O) groups is 2. The number of unbranched alkanes of at least 4 members (excludes halogenated alkanes) is 2. The van der Waals surface area contributed by atoms with E-state index in [0.717, 1.165) is 50.9 Å². The van der Waals surface area contributed by atoms with Gasteiger partial charge in [-0.2, -0.15) is 0 Å². The monoisotopic (exact) mass is 375 g/mol. The van der Waals surface area contributed by atoms with Crippen LogP contribution >= 0.6 is 12.2 Å². The summed E-state index contributed by atoms with van der Waals surface area (Å²) in [6, 6.07) is 7.25. The van der Waals surface area contributed by atoms with Crippen LogP contribution in [0, 0.1) is 0 Å². The number of rotatable bonds is 6. The van der Waals surface area contributed by atoms with Gasteiger partial charge in [0.25, 0.3) is 5.91 Å². The molecule has 0 unspecified atom stereocenters. The maximum Gasteiger partial charge on any atom is 0.253 e. The maximum atomic E-state index is 12.6. The van der Waals surface area contributed by atoms with Crippen LogP contribution in [0.5, 0.6) is 0 Å². The van der Waals surface area contributed by atoms with Crippen molar-refractivity contribution in [2.24, 2.45) is 0 Å². The Bertz CT molecular complexity index is 608. The van der Waals surface area contributed by atoms with Crippen molar-refractivity contribution in [3.8, 4) is 0 Å². The van der Waals surface area contributed by atoms with E-state index < -0.39 is 0 Å². The van der Waals surface area contributed by atoms with E-state index in [4.69, 9.17) is 12.2 Å². The first-order valence-corrected chi connectivity index (χ1v) is 10.0. The largest absolute Gasteiger partial charge is 0.339 e. The Balaban J connectivity index is 1.83. The lowest BCUT2D eigenvalue weighted by Gasteiger charge is -2.20. The molecule has 0 saturated carbocycles. The summed E-state index contributed by atoms with van der Waals surface area (Å²) in [6.07, 6.45) is 8.05. The molecule has 1 aromatic rings. The van der Waals surface area contributed by atoms with Crippen LogP contribution in [0.25, 0.3) is 0 Å². The van der Waals surface area contributed by atoms with E-state index in [1.165, 1.54) is 12.8 Å². The fraction of sp³-hybridized carbons (Fsp3) is 0.550. The number of anilines is 1. The molecule has 0 spiro atoms. The lowest BCUT2D eigenvalue weighted by atomic mass is 10.1. The zero-order valence-electron chi connectivity index (χ0n) is 15.6. The van der Waals surface area contributed by atoms with Gasteiger partial charge in [-0.25, -0.2) is 0 Å². The molecule has 0 aliphatic carbocycles. The van der Waals surface area contributed by atoms with Crippen LogP contribution in [-0.4, -0.2) is 34.9 Å². The molecule has 2 rings (SSSR count). The van der Waals surface area contributed by atoms with Crippen LogP contribution in [0.1, 0.15) is 68.6 Å². The number of nitrogens with one attached hydrogen (secondary N) is 2. The first kappa shape index (κ1) is 20.4. The first-order chi connectivity index (χ1) is 12.6. The van der Waals surface area contributed by atoms with Crippen molar-refractivity contribution in [3.63, 3.8) is 0 Å². The average Bonchev–Trinajstić information content (AvgIpc) is 2.91. The molecule has 0 bridgehead atoms. The standard InChI is InChI=1S/C20H29N3O2S/c1-2-3-6-9-18(24)22-20(26)21-17-12-10-16(11-13-17)19(25)23-14-7-4-5-8-15-23/h10-13H,2-9,14-15H2,1H3,(H2,21,22,24,26). The summed E-state index contributed by atoms with van der Waals surface area (Å²) < 4.78 is 0. The van der Waals surface area contributed by atoms with Crippen LogP contribution in [0.3, 0.4) is 0 Å². The van der Waals surface area contributed by atoms with Crippen LogP contribution in [0.4, 0.5) is 5.69 Å². The number of carbonyl (C=O) groups excluding carboxylic acids is 2. The highest BCUT2D eigenvalue weighted by Gasteiger charge is 2.17. The van der Waals surface area contributed by atoms with Gasteiger partial charge in [0.05, 0.1) is 0 Å².